The molecular weight excluding hydrogens is 470 g/mol. The second kappa shape index (κ2) is 13.9. The number of fused-ring (bicyclic) bond motifs is 3. The summed E-state index contributed by atoms with van der Waals surface area (Å²) < 4.78 is 11.0. The number of ether oxygens (including phenoxy) is 2. The fourth-order valence-electron chi connectivity index (χ4n) is 5.06. The number of piperidine rings is 1. The van der Waals surface area contributed by atoms with Gasteiger partial charge < -0.3 is 19.7 Å². The molecule has 37 heavy (non-hydrogen) atoms. The van der Waals surface area contributed by atoms with Crippen LogP contribution >= 0.6 is 0 Å². The SMILES string of the molecule is CCOC(=O)CNc1ncc(CN2CCCC(=O)N3CCCCC3CCc3cccc(c3)OCC2)cn1. The van der Waals surface area contributed by atoms with Crippen molar-refractivity contribution in [2.75, 3.05) is 44.7 Å². The largest absolute Gasteiger partial charge is 0.492 e. The lowest BCUT2D eigenvalue weighted by Gasteiger charge is -2.36. The number of hydrogen-bond donors (Lipinski definition) is 1. The summed E-state index contributed by atoms with van der Waals surface area (Å²) in [5.74, 6) is 1.22. The predicted molar refractivity (Wildman–Crippen MR) is 141 cm³/mol. The molecule has 4 rings (SSSR count). The number of carbonyl (C=O) groups excluding carboxylic acids is 2. The first kappa shape index (κ1) is 26.9. The summed E-state index contributed by atoms with van der Waals surface area (Å²) in [4.78, 5) is 37.8. The second-order valence-corrected chi connectivity index (χ2v) is 9.72. The van der Waals surface area contributed by atoms with Crippen LogP contribution in [0, 0.1) is 0 Å². The lowest BCUT2D eigenvalue weighted by atomic mass is 9.95. The summed E-state index contributed by atoms with van der Waals surface area (Å²) >= 11 is 0. The highest BCUT2D eigenvalue weighted by molar-refractivity contribution is 5.76. The molecule has 0 radical (unpaired) electrons. The maximum atomic E-state index is 13.1. The topological polar surface area (TPSA) is 96.9 Å². The molecule has 3 heterocycles. The van der Waals surface area contributed by atoms with Gasteiger partial charge in [-0.2, -0.15) is 0 Å². The number of anilines is 1. The van der Waals surface area contributed by atoms with Crippen molar-refractivity contribution in [1.82, 2.24) is 19.8 Å². The summed E-state index contributed by atoms with van der Waals surface area (Å²) in [6, 6.07) is 8.68. The van der Waals surface area contributed by atoms with Crippen molar-refractivity contribution < 1.29 is 19.1 Å². The molecule has 2 aromatic rings. The lowest BCUT2D eigenvalue weighted by Crippen LogP contribution is -2.44. The Bertz CT molecular complexity index is 1020. The molecule has 0 aliphatic carbocycles. The molecule has 1 aromatic heterocycles. The van der Waals surface area contributed by atoms with Gasteiger partial charge in [0.15, 0.2) is 0 Å². The molecule has 1 aromatic carbocycles. The molecule has 1 fully saturated rings. The van der Waals surface area contributed by atoms with E-state index < -0.39 is 0 Å². The maximum absolute atomic E-state index is 13.1. The average molecular weight is 510 g/mol. The highest BCUT2D eigenvalue weighted by Crippen LogP contribution is 2.24. The Morgan fingerprint density at radius 2 is 1.97 bits per heavy atom. The monoisotopic (exact) mass is 509 g/mol. The van der Waals surface area contributed by atoms with Gasteiger partial charge in [-0.15, -0.1) is 0 Å². The third-order valence-corrected chi connectivity index (χ3v) is 6.96. The van der Waals surface area contributed by atoms with Crippen LogP contribution in [0.5, 0.6) is 5.75 Å². The second-order valence-electron chi connectivity index (χ2n) is 9.72. The molecule has 9 nitrogen and oxygen atoms in total. The smallest absolute Gasteiger partial charge is 0.325 e. The van der Waals surface area contributed by atoms with Gasteiger partial charge in [-0.3, -0.25) is 14.5 Å². The number of carbonyl (C=O) groups is 2. The number of amides is 1. The number of aryl methyl sites for hydroxylation is 1. The van der Waals surface area contributed by atoms with Gasteiger partial charge in [-0.1, -0.05) is 12.1 Å². The molecule has 1 amide bonds. The van der Waals surface area contributed by atoms with Gasteiger partial charge in [0.2, 0.25) is 11.9 Å². The standard InChI is InChI=1S/C28H39N5O4/c1-2-36-27(35)20-31-28-29-18-23(19-30-28)21-32-13-6-10-26(34)33-14-4-3-8-24(33)12-11-22-7-5-9-25(17-22)37-16-15-32/h5,7,9,17-19,24H,2-4,6,8,10-16,20-21H2,1H3,(H,29,30,31). The number of hydrogen-bond acceptors (Lipinski definition) is 8. The van der Waals surface area contributed by atoms with Crippen LogP contribution in [0.3, 0.4) is 0 Å². The summed E-state index contributed by atoms with van der Waals surface area (Å²) in [5, 5.41) is 2.88. The number of esters is 1. The van der Waals surface area contributed by atoms with E-state index in [1.807, 2.05) is 6.07 Å². The van der Waals surface area contributed by atoms with Crippen LogP contribution in [0.2, 0.25) is 0 Å². The number of nitrogens with zero attached hydrogens (tertiary/aromatic N) is 4. The van der Waals surface area contributed by atoms with E-state index in [9.17, 15) is 9.59 Å². The van der Waals surface area contributed by atoms with Crippen LogP contribution in [0.1, 0.15) is 56.6 Å². The van der Waals surface area contributed by atoms with Gasteiger partial charge >= 0.3 is 5.97 Å². The number of rotatable bonds is 6. The molecule has 2 bridgehead atoms. The van der Waals surface area contributed by atoms with Crippen LogP contribution < -0.4 is 10.1 Å². The highest BCUT2D eigenvalue weighted by atomic mass is 16.5. The van der Waals surface area contributed by atoms with Gasteiger partial charge in [0.1, 0.15) is 18.9 Å². The molecule has 200 valence electrons. The zero-order valence-electron chi connectivity index (χ0n) is 21.9. The number of aromatic nitrogens is 2. The third-order valence-electron chi connectivity index (χ3n) is 6.96. The van der Waals surface area contributed by atoms with Gasteiger partial charge in [0, 0.05) is 50.1 Å². The van der Waals surface area contributed by atoms with E-state index in [0.717, 1.165) is 63.1 Å². The molecule has 0 spiro atoms. The quantitative estimate of drug-likeness (QED) is 0.592. The minimum atomic E-state index is -0.340. The van der Waals surface area contributed by atoms with E-state index in [2.05, 4.69) is 43.3 Å². The average Bonchev–Trinajstić information content (AvgIpc) is 2.92. The molecule has 9 heteroatoms. The molecular formula is C28H39N5O4. The summed E-state index contributed by atoms with van der Waals surface area (Å²) in [7, 11) is 0. The number of nitrogens with one attached hydrogen (secondary N) is 1. The molecule has 1 atom stereocenters. The highest BCUT2D eigenvalue weighted by Gasteiger charge is 2.26. The molecule has 1 unspecified atom stereocenters. The first-order valence-corrected chi connectivity index (χ1v) is 13.5. The summed E-state index contributed by atoms with van der Waals surface area (Å²) in [5.41, 5.74) is 2.22. The van der Waals surface area contributed by atoms with Gasteiger partial charge in [0.05, 0.1) is 6.61 Å². The van der Waals surface area contributed by atoms with Crippen molar-refractivity contribution >= 4 is 17.8 Å². The fourth-order valence-corrected chi connectivity index (χ4v) is 5.06. The van der Waals surface area contributed by atoms with E-state index in [1.165, 1.54) is 12.0 Å². The fraction of sp³-hybridized carbons (Fsp3) is 0.571. The Morgan fingerprint density at radius 1 is 1.11 bits per heavy atom. The Morgan fingerprint density at radius 3 is 2.81 bits per heavy atom. The van der Waals surface area contributed by atoms with Crippen LogP contribution in [-0.4, -0.2) is 77.1 Å². The number of benzene rings is 1. The van der Waals surface area contributed by atoms with Crippen molar-refractivity contribution in [1.29, 1.82) is 0 Å². The normalized spacial score (nSPS) is 19.6. The Kier molecular flexibility index (Phi) is 10.1. The first-order valence-electron chi connectivity index (χ1n) is 13.5. The Labute approximate surface area is 219 Å². The van der Waals surface area contributed by atoms with E-state index >= 15 is 0 Å². The molecule has 2 aliphatic heterocycles. The van der Waals surface area contributed by atoms with E-state index in [-0.39, 0.29) is 18.4 Å². The van der Waals surface area contributed by atoms with E-state index in [0.29, 0.717) is 38.2 Å². The third kappa shape index (κ3) is 8.42. The molecule has 1 saturated heterocycles. The first-order chi connectivity index (χ1) is 18.1. The Hall–Kier alpha value is -3.20. The molecule has 2 aliphatic rings. The maximum Gasteiger partial charge on any atom is 0.325 e. The summed E-state index contributed by atoms with van der Waals surface area (Å²) in [6.07, 6.45) is 10.3. The molecule has 0 saturated carbocycles. The van der Waals surface area contributed by atoms with Crippen LogP contribution in [0.4, 0.5) is 5.95 Å². The predicted octanol–water partition coefficient (Wildman–Crippen LogP) is 3.44. The van der Waals surface area contributed by atoms with Crippen molar-refractivity contribution in [3.63, 3.8) is 0 Å². The van der Waals surface area contributed by atoms with Gasteiger partial charge in [-0.05, 0) is 69.7 Å². The van der Waals surface area contributed by atoms with Crippen LogP contribution in [0.15, 0.2) is 36.7 Å². The minimum Gasteiger partial charge on any atom is -0.492 e. The van der Waals surface area contributed by atoms with Crippen molar-refractivity contribution in [2.24, 2.45) is 0 Å². The zero-order chi connectivity index (χ0) is 25.9. The Balaban J connectivity index is 1.39. The van der Waals surface area contributed by atoms with Gasteiger partial charge in [-0.25, -0.2) is 9.97 Å². The molecule has 1 N–H and O–H groups in total. The van der Waals surface area contributed by atoms with E-state index in [1.54, 1.807) is 19.3 Å². The van der Waals surface area contributed by atoms with Crippen LogP contribution in [-0.2, 0) is 27.3 Å². The van der Waals surface area contributed by atoms with Crippen LogP contribution in [0.25, 0.3) is 0 Å². The lowest BCUT2D eigenvalue weighted by molar-refractivity contribution is -0.141. The van der Waals surface area contributed by atoms with Crippen molar-refractivity contribution in [2.45, 2.75) is 64.5 Å². The zero-order valence-corrected chi connectivity index (χ0v) is 21.9. The van der Waals surface area contributed by atoms with Crippen molar-refractivity contribution in [3.8, 4) is 5.75 Å². The van der Waals surface area contributed by atoms with Crippen molar-refractivity contribution in [3.05, 3.63) is 47.8 Å². The minimum absolute atomic E-state index is 0.0315. The van der Waals surface area contributed by atoms with E-state index in [4.69, 9.17) is 9.47 Å². The van der Waals surface area contributed by atoms with Gasteiger partial charge in [0.25, 0.3) is 0 Å². The summed E-state index contributed by atoms with van der Waals surface area (Å²) in [6.45, 7) is 5.76.